The number of nitrogens with zero attached hydrogens (tertiary/aromatic N) is 5. The fourth-order valence-corrected chi connectivity index (χ4v) is 5.27. The maximum atomic E-state index is 13.1. The minimum absolute atomic E-state index is 0.141. The summed E-state index contributed by atoms with van der Waals surface area (Å²) in [4.78, 5) is 35.7. The number of rotatable bonds is 6. The Morgan fingerprint density at radius 3 is 2.65 bits per heavy atom. The van der Waals surface area contributed by atoms with E-state index in [1.165, 1.54) is 27.8 Å². The molecule has 34 heavy (non-hydrogen) atoms. The molecule has 172 valence electrons. The number of pyridine rings is 1. The van der Waals surface area contributed by atoms with Crippen LogP contribution in [0, 0.1) is 13.8 Å². The summed E-state index contributed by atoms with van der Waals surface area (Å²) >= 11 is 1.32. The number of carbonyl (C=O) groups is 1. The Balaban J connectivity index is 1.36. The van der Waals surface area contributed by atoms with Crippen LogP contribution in [0.5, 0.6) is 0 Å². The third kappa shape index (κ3) is 4.10. The lowest BCUT2D eigenvalue weighted by atomic mass is 10.1. The topological polar surface area (TPSA) is 94.7 Å². The second kappa shape index (κ2) is 8.83. The first-order valence-corrected chi connectivity index (χ1v) is 11.9. The molecule has 0 bridgehead atoms. The summed E-state index contributed by atoms with van der Waals surface area (Å²) in [6.45, 7) is 6.43. The number of fused-ring (bicyclic) bond motifs is 3. The van der Waals surface area contributed by atoms with Gasteiger partial charge in [-0.1, -0.05) is 31.2 Å². The number of hydrogen-bond acceptors (Lipinski definition) is 6. The summed E-state index contributed by atoms with van der Waals surface area (Å²) in [6.07, 6.45) is 4.06. The largest absolute Gasteiger partial charge is 0.309 e. The molecule has 0 radical (unpaired) electrons. The molecule has 5 rings (SSSR count). The molecule has 0 aliphatic rings. The first kappa shape index (κ1) is 22.0. The monoisotopic (exact) mass is 472 g/mol. The molecule has 0 fully saturated rings. The van der Waals surface area contributed by atoms with Crippen molar-refractivity contribution in [1.29, 1.82) is 0 Å². The summed E-state index contributed by atoms with van der Waals surface area (Å²) < 4.78 is 3.57. The normalized spacial score (nSPS) is 11.4. The van der Waals surface area contributed by atoms with Gasteiger partial charge in [0.25, 0.3) is 5.56 Å². The quantitative estimate of drug-likeness (QED) is 0.402. The number of benzene rings is 1. The highest BCUT2D eigenvalue weighted by molar-refractivity contribution is 7.25. The summed E-state index contributed by atoms with van der Waals surface area (Å²) in [7, 11) is 0. The number of anilines is 1. The van der Waals surface area contributed by atoms with Crippen LogP contribution in [-0.4, -0.2) is 30.2 Å². The molecule has 0 aliphatic heterocycles. The Bertz CT molecular complexity index is 1580. The van der Waals surface area contributed by atoms with Gasteiger partial charge in [-0.3, -0.25) is 14.2 Å². The van der Waals surface area contributed by atoms with Crippen molar-refractivity contribution in [3.05, 3.63) is 81.7 Å². The molecule has 0 atom stereocenters. The van der Waals surface area contributed by atoms with Gasteiger partial charge in [-0.2, -0.15) is 5.10 Å². The molecule has 8 nitrogen and oxygen atoms in total. The third-order valence-electron chi connectivity index (χ3n) is 5.80. The van der Waals surface area contributed by atoms with Crippen LogP contribution in [0.1, 0.15) is 29.3 Å². The van der Waals surface area contributed by atoms with Crippen molar-refractivity contribution in [2.24, 2.45) is 0 Å². The summed E-state index contributed by atoms with van der Waals surface area (Å²) in [5, 5.41) is 8.09. The van der Waals surface area contributed by atoms with Crippen LogP contribution in [0.4, 0.5) is 5.82 Å². The first-order valence-electron chi connectivity index (χ1n) is 11.1. The van der Waals surface area contributed by atoms with Gasteiger partial charge in [0.15, 0.2) is 0 Å². The zero-order valence-corrected chi connectivity index (χ0v) is 20.0. The predicted octanol–water partition coefficient (Wildman–Crippen LogP) is 4.07. The molecular weight excluding hydrogens is 448 g/mol. The van der Waals surface area contributed by atoms with Crippen molar-refractivity contribution >= 4 is 43.5 Å². The van der Waals surface area contributed by atoms with Gasteiger partial charge in [-0.05, 0) is 43.0 Å². The van der Waals surface area contributed by atoms with Gasteiger partial charge < -0.3 is 5.32 Å². The van der Waals surface area contributed by atoms with Crippen LogP contribution >= 0.6 is 11.3 Å². The molecule has 4 heterocycles. The van der Waals surface area contributed by atoms with Crippen LogP contribution < -0.4 is 10.9 Å². The van der Waals surface area contributed by atoms with E-state index in [9.17, 15) is 9.59 Å². The molecule has 0 saturated heterocycles. The van der Waals surface area contributed by atoms with E-state index in [1.54, 1.807) is 16.9 Å². The van der Waals surface area contributed by atoms with E-state index >= 15 is 0 Å². The smallest absolute Gasteiger partial charge is 0.271 e. The minimum Gasteiger partial charge on any atom is -0.309 e. The maximum Gasteiger partial charge on any atom is 0.271 e. The van der Waals surface area contributed by atoms with Gasteiger partial charge in [0.2, 0.25) is 5.91 Å². The van der Waals surface area contributed by atoms with Crippen molar-refractivity contribution in [1.82, 2.24) is 24.3 Å². The fraction of sp³-hybridized carbons (Fsp3) is 0.240. The first-order chi connectivity index (χ1) is 16.4. The van der Waals surface area contributed by atoms with E-state index in [0.717, 1.165) is 33.5 Å². The predicted molar refractivity (Wildman–Crippen MR) is 134 cm³/mol. The van der Waals surface area contributed by atoms with Crippen LogP contribution in [0.3, 0.4) is 0 Å². The molecular formula is C25H24N6O2S. The standard InChI is InChI=1S/C25H24N6O2S/c1-4-17-5-7-18(8-6-17)12-31-19(9-10-27-31)29-20(32)13-30-14-26-22-21-15(2)11-16(3)28-24(21)34-23(22)25(30)33/h5-11,14H,4,12-13H2,1-3H3,(H,29,32). The van der Waals surface area contributed by atoms with E-state index in [4.69, 9.17) is 0 Å². The van der Waals surface area contributed by atoms with Gasteiger partial charge >= 0.3 is 0 Å². The Hall–Kier alpha value is -3.85. The minimum atomic E-state index is -0.322. The molecule has 5 aromatic rings. The van der Waals surface area contributed by atoms with E-state index < -0.39 is 0 Å². The highest BCUT2D eigenvalue weighted by Gasteiger charge is 2.16. The number of nitrogens with one attached hydrogen (secondary N) is 1. The lowest BCUT2D eigenvalue weighted by molar-refractivity contribution is -0.116. The number of thiophene rings is 1. The van der Waals surface area contributed by atoms with Gasteiger partial charge in [0.05, 0.1) is 24.6 Å². The second-order valence-electron chi connectivity index (χ2n) is 8.31. The molecule has 1 N–H and O–H groups in total. The average Bonchev–Trinajstić information content (AvgIpc) is 3.40. The van der Waals surface area contributed by atoms with E-state index in [2.05, 4.69) is 51.6 Å². The molecule has 9 heteroatoms. The van der Waals surface area contributed by atoms with Gasteiger partial charge in [0.1, 0.15) is 21.9 Å². The van der Waals surface area contributed by atoms with Crippen LogP contribution in [-0.2, 0) is 24.3 Å². The lowest BCUT2D eigenvalue weighted by Crippen LogP contribution is -2.28. The van der Waals surface area contributed by atoms with Crippen LogP contribution in [0.25, 0.3) is 20.4 Å². The van der Waals surface area contributed by atoms with Crippen LogP contribution in [0.2, 0.25) is 0 Å². The van der Waals surface area contributed by atoms with E-state index in [0.29, 0.717) is 22.6 Å². The summed E-state index contributed by atoms with van der Waals surface area (Å²) in [6, 6.07) is 12.0. The zero-order valence-electron chi connectivity index (χ0n) is 19.2. The number of aryl methyl sites for hydroxylation is 3. The lowest BCUT2D eigenvalue weighted by Gasteiger charge is -2.10. The maximum absolute atomic E-state index is 13.1. The third-order valence-corrected chi connectivity index (χ3v) is 6.87. The second-order valence-corrected chi connectivity index (χ2v) is 9.31. The van der Waals surface area contributed by atoms with Gasteiger partial charge in [-0.25, -0.2) is 14.6 Å². The molecule has 4 aromatic heterocycles. The van der Waals surface area contributed by atoms with Crippen molar-refractivity contribution < 1.29 is 4.79 Å². The van der Waals surface area contributed by atoms with E-state index in [1.807, 2.05) is 19.9 Å². The number of amides is 1. The highest BCUT2D eigenvalue weighted by Crippen LogP contribution is 2.31. The molecule has 1 amide bonds. The summed E-state index contributed by atoms with van der Waals surface area (Å²) in [5.41, 5.74) is 4.69. The van der Waals surface area contributed by atoms with Crippen molar-refractivity contribution in [3.8, 4) is 0 Å². The molecule has 0 spiro atoms. The van der Waals surface area contributed by atoms with E-state index in [-0.39, 0.29) is 18.0 Å². The Morgan fingerprint density at radius 1 is 1.12 bits per heavy atom. The molecule has 1 aromatic carbocycles. The average molecular weight is 473 g/mol. The Morgan fingerprint density at radius 2 is 1.88 bits per heavy atom. The Labute approximate surface area is 199 Å². The van der Waals surface area contributed by atoms with Crippen molar-refractivity contribution in [2.45, 2.75) is 40.3 Å². The van der Waals surface area contributed by atoms with Crippen molar-refractivity contribution in [3.63, 3.8) is 0 Å². The van der Waals surface area contributed by atoms with Gasteiger partial charge in [0, 0.05) is 17.1 Å². The van der Waals surface area contributed by atoms with Crippen LogP contribution in [0.15, 0.2) is 53.7 Å². The fourth-order valence-electron chi connectivity index (χ4n) is 4.07. The molecule has 0 saturated carbocycles. The highest BCUT2D eigenvalue weighted by atomic mass is 32.1. The Kier molecular flexibility index (Phi) is 5.70. The van der Waals surface area contributed by atoms with Gasteiger partial charge in [-0.15, -0.1) is 11.3 Å². The SMILES string of the molecule is CCc1ccc(Cn2nccc2NC(=O)Cn2cnc3c(sc4nc(C)cc(C)c43)c2=O)cc1. The number of carbonyl (C=O) groups excluding carboxylic acids is 1. The zero-order chi connectivity index (χ0) is 23.8. The van der Waals surface area contributed by atoms with Crippen molar-refractivity contribution in [2.75, 3.05) is 5.32 Å². The summed E-state index contributed by atoms with van der Waals surface area (Å²) in [5.74, 6) is 0.251. The number of aromatic nitrogens is 5. The molecule has 0 unspecified atom stereocenters. The number of hydrogen-bond donors (Lipinski definition) is 1. The molecule has 0 aliphatic carbocycles.